The van der Waals surface area contributed by atoms with Gasteiger partial charge in [-0.25, -0.2) is 0 Å². The maximum Gasteiger partial charge on any atom is 0.271 e. The summed E-state index contributed by atoms with van der Waals surface area (Å²) >= 11 is 0. The van der Waals surface area contributed by atoms with Crippen LogP contribution in [0, 0.1) is 0 Å². The van der Waals surface area contributed by atoms with Crippen LogP contribution < -0.4 is 10.6 Å². The first-order valence-electron chi connectivity index (χ1n) is 7.84. The lowest BCUT2D eigenvalue weighted by Crippen LogP contribution is -2.28. The third-order valence-corrected chi connectivity index (χ3v) is 3.70. The summed E-state index contributed by atoms with van der Waals surface area (Å²) in [6, 6.07) is 10.9. The van der Waals surface area contributed by atoms with Gasteiger partial charge in [-0.05, 0) is 18.9 Å². The van der Waals surface area contributed by atoms with E-state index in [1.165, 1.54) is 13.1 Å². The molecule has 7 heteroatoms. The summed E-state index contributed by atoms with van der Waals surface area (Å²) in [5.41, 5.74) is 1.48. The average molecular weight is 330 g/mol. The quantitative estimate of drug-likeness (QED) is 0.659. The molecule has 1 heterocycles. The Balaban J connectivity index is 2.35. The van der Waals surface area contributed by atoms with E-state index in [0.717, 1.165) is 5.56 Å². The molecule has 7 nitrogen and oxygen atoms in total. The van der Waals surface area contributed by atoms with E-state index in [4.69, 9.17) is 5.11 Å². The Bertz CT molecular complexity index is 697. The van der Waals surface area contributed by atoms with Gasteiger partial charge in [-0.15, -0.1) is 0 Å². The number of carbonyl (C=O) groups is 2. The molecule has 0 radical (unpaired) electrons. The molecule has 0 saturated heterocycles. The molecule has 1 aromatic carbocycles. The van der Waals surface area contributed by atoms with Crippen molar-refractivity contribution >= 4 is 11.8 Å². The van der Waals surface area contributed by atoms with E-state index in [1.54, 1.807) is 4.68 Å². The molecule has 0 spiro atoms. The summed E-state index contributed by atoms with van der Waals surface area (Å²) < 4.78 is 1.55. The molecule has 3 N–H and O–H groups in total. The fraction of sp³-hybridized carbons (Fsp3) is 0.353. The van der Waals surface area contributed by atoms with Gasteiger partial charge in [-0.3, -0.25) is 14.3 Å². The lowest BCUT2D eigenvalue weighted by molar-refractivity contribution is 0.0935. The third-order valence-electron chi connectivity index (χ3n) is 3.70. The maximum absolute atomic E-state index is 12.4. The number of hydrogen-bond acceptors (Lipinski definition) is 4. The van der Waals surface area contributed by atoms with E-state index in [0.29, 0.717) is 18.7 Å². The standard InChI is InChI=1S/C17H22N4O3/c1-12(13-7-4-3-5-8-13)21-15(17(24)19-9-6-10-22)11-14(20-21)16(23)18-2/h3-5,7-8,11-12,22H,6,9-10H2,1-2H3,(H,18,23)(H,19,24)/t12-/m0/s1. The van der Waals surface area contributed by atoms with Crippen molar-refractivity contribution in [3.63, 3.8) is 0 Å². The van der Waals surface area contributed by atoms with E-state index < -0.39 is 0 Å². The molecule has 0 saturated carbocycles. The predicted molar refractivity (Wildman–Crippen MR) is 89.9 cm³/mol. The number of hydrogen-bond donors (Lipinski definition) is 3. The Labute approximate surface area is 140 Å². The summed E-state index contributed by atoms with van der Waals surface area (Å²) in [7, 11) is 1.52. The number of aliphatic hydroxyl groups excluding tert-OH is 1. The summed E-state index contributed by atoms with van der Waals surface area (Å²) in [6.45, 7) is 2.28. The van der Waals surface area contributed by atoms with Crippen molar-refractivity contribution in [2.45, 2.75) is 19.4 Å². The molecule has 1 atom stereocenters. The SMILES string of the molecule is CNC(=O)c1cc(C(=O)NCCCO)n([C@@H](C)c2ccccc2)n1. The highest BCUT2D eigenvalue weighted by molar-refractivity contribution is 5.97. The number of nitrogens with one attached hydrogen (secondary N) is 2. The number of amides is 2. The molecule has 2 rings (SSSR count). The minimum Gasteiger partial charge on any atom is -0.396 e. The lowest BCUT2D eigenvalue weighted by atomic mass is 10.1. The van der Waals surface area contributed by atoms with Gasteiger partial charge in [-0.1, -0.05) is 30.3 Å². The molecule has 128 valence electrons. The number of aromatic nitrogens is 2. The van der Waals surface area contributed by atoms with E-state index in [1.807, 2.05) is 37.3 Å². The zero-order valence-corrected chi connectivity index (χ0v) is 13.8. The van der Waals surface area contributed by atoms with Gasteiger partial charge in [0.15, 0.2) is 5.69 Å². The lowest BCUT2D eigenvalue weighted by Gasteiger charge is -2.16. The summed E-state index contributed by atoms with van der Waals surface area (Å²) in [4.78, 5) is 24.3. The third kappa shape index (κ3) is 3.99. The fourth-order valence-corrected chi connectivity index (χ4v) is 2.34. The zero-order chi connectivity index (χ0) is 17.5. The topological polar surface area (TPSA) is 96.3 Å². The van der Waals surface area contributed by atoms with Crippen LogP contribution in [-0.4, -0.2) is 46.9 Å². The van der Waals surface area contributed by atoms with Crippen molar-refractivity contribution in [1.29, 1.82) is 0 Å². The van der Waals surface area contributed by atoms with Crippen LogP contribution >= 0.6 is 0 Å². The smallest absolute Gasteiger partial charge is 0.271 e. The van der Waals surface area contributed by atoms with Crippen molar-refractivity contribution in [3.05, 3.63) is 53.3 Å². The van der Waals surface area contributed by atoms with Crippen LogP contribution in [-0.2, 0) is 0 Å². The van der Waals surface area contributed by atoms with Crippen LogP contribution in [0.1, 0.15) is 45.9 Å². The molecule has 0 fully saturated rings. The van der Waals surface area contributed by atoms with Gasteiger partial charge < -0.3 is 15.7 Å². The molecule has 1 aromatic heterocycles. The van der Waals surface area contributed by atoms with Crippen LogP contribution in [0.3, 0.4) is 0 Å². The van der Waals surface area contributed by atoms with E-state index in [-0.39, 0.29) is 30.2 Å². The monoisotopic (exact) mass is 330 g/mol. The van der Waals surface area contributed by atoms with E-state index >= 15 is 0 Å². The van der Waals surface area contributed by atoms with E-state index in [9.17, 15) is 9.59 Å². The zero-order valence-electron chi connectivity index (χ0n) is 13.8. The van der Waals surface area contributed by atoms with Gasteiger partial charge in [0.2, 0.25) is 0 Å². The number of nitrogens with zero attached hydrogens (tertiary/aromatic N) is 2. The first-order chi connectivity index (χ1) is 11.6. The minimum absolute atomic E-state index is 0.00342. The highest BCUT2D eigenvalue weighted by Crippen LogP contribution is 2.20. The van der Waals surface area contributed by atoms with Gasteiger partial charge in [0.05, 0.1) is 6.04 Å². The molecular weight excluding hydrogens is 308 g/mol. The van der Waals surface area contributed by atoms with Crippen molar-refractivity contribution in [3.8, 4) is 0 Å². The average Bonchev–Trinajstić information content (AvgIpc) is 3.06. The first kappa shape index (κ1) is 17.7. The van der Waals surface area contributed by atoms with Crippen LogP contribution in [0.15, 0.2) is 36.4 Å². The molecular formula is C17H22N4O3. The van der Waals surface area contributed by atoms with Gasteiger partial charge in [0, 0.05) is 26.3 Å². The number of carbonyl (C=O) groups excluding carboxylic acids is 2. The Morgan fingerprint density at radius 3 is 2.58 bits per heavy atom. The van der Waals surface area contributed by atoms with Crippen LogP contribution in [0.25, 0.3) is 0 Å². The predicted octanol–water partition coefficient (Wildman–Crippen LogP) is 0.964. The van der Waals surface area contributed by atoms with Gasteiger partial charge in [-0.2, -0.15) is 5.10 Å². The van der Waals surface area contributed by atoms with E-state index in [2.05, 4.69) is 15.7 Å². The second-order valence-electron chi connectivity index (χ2n) is 5.36. The second kappa shape index (κ2) is 8.26. The first-order valence-corrected chi connectivity index (χ1v) is 7.84. The Kier molecular flexibility index (Phi) is 6.08. The van der Waals surface area contributed by atoms with Crippen LogP contribution in [0.5, 0.6) is 0 Å². The Morgan fingerprint density at radius 1 is 1.25 bits per heavy atom. The molecule has 24 heavy (non-hydrogen) atoms. The highest BCUT2D eigenvalue weighted by atomic mass is 16.3. The summed E-state index contributed by atoms with van der Waals surface area (Å²) in [5, 5.41) is 18.4. The molecule has 2 amide bonds. The molecule has 0 aliphatic rings. The van der Waals surface area contributed by atoms with Gasteiger partial charge in [0.25, 0.3) is 11.8 Å². The molecule has 0 aliphatic heterocycles. The summed E-state index contributed by atoms with van der Waals surface area (Å²) in [6.07, 6.45) is 0.469. The fourth-order valence-electron chi connectivity index (χ4n) is 2.34. The number of rotatable bonds is 7. The summed E-state index contributed by atoms with van der Waals surface area (Å²) in [5.74, 6) is -0.674. The van der Waals surface area contributed by atoms with Crippen LogP contribution in [0.4, 0.5) is 0 Å². The molecule has 0 unspecified atom stereocenters. The second-order valence-corrected chi connectivity index (χ2v) is 5.36. The van der Waals surface area contributed by atoms with Gasteiger partial charge in [0.1, 0.15) is 5.69 Å². The van der Waals surface area contributed by atoms with Crippen molar-refractivity contribution < 1.29 is 14.7 Å². The number of aliphatic hydroxyl groups is 1. The highest BCUT2D eigenvalue weighted by Gasteiger charge is 2.22. The molecule has 0 aliphatic carbocycles. The normalized spacial score (nSPS) is 11.8. The largest absolute Gasteiger partial charge is 0.396 e. The molecule has 0 bridgehead atoms. The van der Waals surface area contributed by atoms with Crippen molar-refractivity contribution in [1.82, 2.24) is 20.4 Å². The molecule has 2 aromatic rings. The Hall–Kier alpha value is -2.67. The van der Waals surface area contributed by atoms with Gasteiger partial charge >= 0.3 is 0 Å². The maximum atomic E-state index is 12.4. The Morgan fingerprint density at radius 2 is 1.96 bits per heavy atom. The van der Waals surface area contributed by atoms with Crippen molar-refractivity contribution in [2.24, 2.45) is 0 Å². The van der Waals surface area contributed by atoms with Crippen LogP contribution in [0.2, 0.25) is 0 Å². The minimum atomic E-state index is -0.349. The van der Waals surface area contributed by atoms with Crippen molar-refractivity contribution in [2.75, 3.05) is 20.2 Å². The number of benzene rings is 1.